The standard InChI is InChI=1S/C18H28N6/c1-14-6-8-15(9-7-14)16(23-12-10-22(5)11-13-23)17-19-20-21-24(17)18(2,3)4/h6-9,16H,10-13H2,1-5H3/t16-/m0/s1. The Bertz CT molecular complexity index is 662. The van der Waals surface area contributed by atoms with E-state index in [2.05, 4.69) is 84.3 Å². The van der Waals surface area contributed by atoms with Gasteiger partial charge in [0, 0.05) is 26.2 Å². The molecule has 0 spiro atoms. The number of benzene rings is 1. The molecule has 1 saturated heterocycles. The van der Waals surface area contributed by atoms with Crippen LogP contribution in [0.2, 0.25) is 0 Å². The summed E-state index contributed by atoms with van der Waals surface area (Å²) in [5.74, 6) is 0.927. The zero-order valence-corrected chi connectivity index (χ0v) is 15.4. The molecule has 6 nitrogen and oxygen atoms in total. The van der Waals surface area contributed by atoms with Crippen LogP contribution in [0.3, 0.4) is 0 Å². The molecule has 1 fully saturated rings. The number of tetrazole rings is 1. The second-order valence-corrected chi connectivity index (χ2v) is 7.77. The third kappa shape index (κ3) is 3.49. The smallest absolute Gasteiger partial charge is 0.173 e. The lowest BCUT2D eigenvalue weighted by Crippen LogP contribution is -2.47. The SMILES string of the molecule is Cc1ccc([C@@H](c2nnnn2C(C)(C)C)N2CCN(C)CC2)cc1. The zero-order chi connectivity index (χ0) is 17.3. The molecule has 6 heteroatoms. The van der Waals surface area contributed by atoms with E-state index in [1.165, 1.54) is 11.1 Å². The quantitative estimate of drug-likeness (QED) is 0.863. The normalized spacial score (nSPS) is 18.7. The monoisotopic (exact) mass is 328 g/mol. The van der Waals surface area contributed by atoms with E-state index in [1.807, 2.05) is 4.68 Å². The molecule has 0 radical (unpaired) electrons. The molecule has 24 heavy (non-hydrogen) atoms. The van der Waals surface area contributed by atoms with Crippen LogP contribution in [0.1, 0.15) is 43.8 Å². The lowest BCUT2D eigenvalue weighted by molar-refractivity contribution is 0.118. The Balaban J connectivity index is 2.02. The third-order valence-electron chi connectivity index (χ3n) is 4.67. The Labute approximate surface area is 144 Å². The van der Waals surface area contributed by atoms with Crippen LogP contribution in [0.5, 0.6) is 0 Å². The van der Waals surface area contributed by atoms with Crippen molar-refractivity contribution in [2.45, 2.75) is 39.3 Å². The maximum atomic E-state index is 4.42. The summed E-state index contributed by atoms with van der Waals surface area (Å²) >= 11 is 0. The maximum Gasteiger partial charge on any atom is 0.173 e. The van der Waals surface area contributed by atoms with Gasteiger partial charge in [0.1, 0.15) is 0 Å². The number of nitrogens with zero attached hydrogens (tertiary/aromatic N) is 6. The van der Waals surface area contributed by atoms with Gasteiger partial charge in [-0.15, -0.1) is 5.10 Å². The highest BCUT2D eigenvalue weighted by Crippen LogP contribution is 2.30. The fourth-order valence-corrected chi connectivity index (χ4v) is 3.19. The van der Waals surface area contributed by atoms with E-state index in [0.29, 0.717) is 0 Å². The van der Waals surface area contributed by atoms with Gasteiger partial charge in [-0.3, -0.25) is 4.90 Å². The zero-order valence-electron chi connectivity index (χ0n) is 15.4. The van der Waals surface area contributed by atoms with Crippen molar-refractivity contribution in [1.29, 1.82) is 0 Å². The maximum absolute atomic E-state index is 4.42. The summed E-state index contributed by atoms with van der Waals surface area (Å²) in [4.78, 5) is 4.87. The molecule has 130 valence electrons. The number of likely N-dealkylation sites (N-methyl/N-ethyl adjacent to an activating group) is 1. The van der Waals surface area contributed by atoms with Gasteiger partial charge in [0.05, 0.1) is 11.6 Å². The average molecular weight is 328 g/mol. The van der Waals surface area contributed by atoms with Gasteiger partial charge >= 0.3 is 0 Å². The second-order valence-electron chi connectivity index (χ2n) is 7.77. The Morgan fingerprint density at radius 3 is 2.21 bits per heavy atom. The fraction of sp³-hybridized carbons (Fsp3) is 0.611. The minimum absolute atomic E-state index is 0.0912. The predicted octanol–water partition coefficient (Wildman–Crippen LogP) is 2.07. The van der Waals surface area contributed by atoms with Crippen LogP contribution < -0.4 is 0 Å². The molecule has 0 aliphatic carbocycles. The number of rotatable bonds is 3. The van der Waals surface area contributed by atoms with Gasteiger partial charge in [-0.1, -0.05) is 29.8 Å². The molecule has 2 aromatic rings. The van der Waals surface area contributed by atoms with Crippen molar-refractivity contribution in [3.8, 4) is 0 Å². The topological polar surface area (TPSA) is 50.1 Å². The summed E-state index contributed by atoms with van der Waals surface area (Å²) in [5, 5.41) is 12.7. The van der Waals surface area contributed by atoms with E-state index >= 15 is 0 Å². The van der Waals surface area contributed by atoms with Crippen molar-refractivity contribution in [2.24, 2.45) is 0 Å². The van der Waals surface area contributed by atoms with Gasteiger partial charge in [-0.25, -0.2) is 4.68 Å². The lowest BCUT2D eigenvalue weighted by atomic mass is 10.0. The van der Waals surface area contributed by atoms with Crippen LogP contribution in [0.25, 0.3) is 0 Å². The van der Waals surface area contributed by atoms with Crippen molar-refractivity contribution < 1.29 is 0 Å². The van der Waals surface area contributed by atoms with Crippen LogP contribution in [-0.2, 0) is 5.54 Å². The van der Waals surface area contributed by atoms with E-state index in [-0.39, 0.29) is 11.6 Å². The first kappa shape index (κ1) is 17.0. The van der Waals surface area contributed by atoms with E-state index in [4.69, 9.17) is 0 Å². The molecule has 2 heterocycles. The molecule has 0 N–H and O–H groups in total. The fourth-order valence-electron chi connectivity index (χ4n) is 3.19. The van der Waals surface area contributed by atoms with Gasteiger partial charge in [0.15, 0.2) is 5.82 Å². The molecular weight excluding hydrogens is 300 g/mol. The van der Waals surface area contributed by atoms with Crippen LogP contribution in [0, 0.1) is 6.92 Å². The molecular formula is C18H28N6. The molecule has 1 aromatic carbocycles. The summed E-state index contributed by atoms with van der Waals surface area (Å²) in [6, 6.07) is 8.85. The number of aryl methyl sites for hydroxylation is 1. The molecule has 0 unspecified atom stereocenters. The molecule has 1 atom stereocenters. The van der Waals surface area contributed by atoms with E-state index in [9.17, 15) is 0 Å². The van der Waals surface area contributed by atoms with Gasteiger partial charge in [-0.05, 0) is 50.7 Å². The largest absolute Gasteiger partial charge is 0.304 e. The minimum atomic E-state index is -0.144. The summed E-state index contributed by atoms with van der Waals surface area (Å²) in [6.07, 6.45) is 0. The highest BCUT2D eigenvalue weighted by atomic mass is 15.6. The summed E-state index contributed by atoms with van der Waals surface area (Å²) in [6.45, 7) is 12.7. The Morgan fingerprint density at radius 2 is 1.62 bits per heavy atom. The first-order valence-electron chi connectivity index (χ1n) is 8.64. The van der Waals surface area contributed by atoms with Crippen molar-refractivity contribution in [1.82, 2.24) is 30.0 Å². The van der Waals surface area contributed by atoms with Crippen LogP contribution in [0.15, 0.2) is 24.3 Å². The number of hydrogen-bond donors (Lipinski definition) is 0. The first-order chi connectivity index (χ1) is 11.4. The van der Waals surface area contributed by atoms with Gasteiger partial charge in [-0.2, -0.15) is 0 Å². The molecule has 1 aliphatic heterocycles. The molecule has 1 aromatic heterocycles. The predicted molar refractivity (Wildman–Crippen MR) is 94.9 cm³/mol. The summed E-state index contributed by atoms with van der Waals surface area (Å²) in [7, 11) is 2.18. The molecule has 3 rings (SSSR count). The number of hydrogen-bond acceptors (Lipinski definition) is 5. The second kappa shape index (κ2) is 6.61. The Hall–Kier alpha value is -1.79. The van der Waals surface area contributed by atoms with Crippen molar-refractivity contribution in [3.05, 3.63) is 41.2 Å². The molecule has 0 bridgehead atoms. The van der Waals surface area contributed by atoms with E-state index < -0.39 is 0 Å². The number of aromatic nitrogens is 4. The highest BCUT2D eigenvalue weighted by Gasteiger charge is 2.32. The summed E-state index contributed by atoms with van der Waals surface area (Å²) in [5.41, 5.74) is 2.38. The molecule has 0 amide bonds. The minimum Gasteiger partial charge on any atom is -0.304 e. The molecule has 1 aliphatic rings. The summed E-state index contributed by atoms with van der Waals surface area (Å²) < 4.78 is 1.97. The Kier molecular flexibility index (Phi) is 4.69. The van der Waals surface area contributed by atoms with Crippen LogP contribution >= 0.6 is 0 Å². The van der Waals surface area contributed by atoms with Gasteiger partial charge in [0.25, 0.3) is 0 Å². The average Bonchev–Trinajstić information content (AvgIpc) is 3.01. The van der Waals surface area contributed by atoms with Crippen molar-refractivity contribution in [3.63, 3.8) is 0 Å². The third-order valence-corrected chi connectivity index (χ3v) is 4.67. The van der Waals surface area contributed by atoms with Gasteiger partial charge < -0.3 is 4.90 Å². The van der Waals surface area contributed by atoms with Crippen molar-refractivity contribution >= 4 is 0 Å². The first-order valence-corrected chi connectivity index (χ1v) is 8.64. The van der Waals surface area contributed by atoms with E-state index in [1.54, 1.807) is 0 Å². The molecule has 0 saturated carbocycles. The van der Waals surface area contributed by atoms with Crippen molar-refractivity contribution in [2.75, 3.05) is 33.2 Å². The Morgan fingerprint density at radius 1 is 1.00 bits per heavy atom. The number of piperazine rings is 1. The lowest BCUT2D eigenvalue weighted by Gasteiger charge is -2.38. The van der Waals surface area contributed by atoms with E-state index in [0.717, 1.165) is 32.0 Å². The van der Waals surface area contributed by atoms with Gasteiger partial charge in [0.2, 0.25) is 0 Å². The highest BCUT2D eigenvalue weighted by molar-refractivity contribution is 5.28. The van der Waals surface area contributed by atoms with Crippen LogP contribution in [-0.4, -0.2) is 63.2 Å². The van der Waals surface area contributed by atoms with Crippen LogP contribution in [0.4, 0.5) is 0 Å².